The molecular weight excluding hydrogens is 345 g/mol. The minimum Gasteiger partial charge on any atom is -0.311 e. The SMILES string of the molecule is c1ccc(N2c3ccccc3B3c4ccccc4Sc4cccc2c43)cc1. The molecule has 0 aliphatic carbocycles. The quantitative estimate of drug-likeness (QED) is 0.398. The second kappa shape index (κ2) is 5.80. The van der Waals surface area contributed by atoms with E-state index < -0.39 is 0 Å². The van der Waals surface area contributed by atoms with E-state index in [2.05, 4.69) is 102 Å². The van der Waals surface area contributed by atoms with E-state index in [9.17, 15) is 0 Å². The van der Waals surface area contributed by atoms with Gasteiger partial charge in [0.25, 0.3) is 0 Å². The Balaban J connectivity index is 1.70. The van der Waals surface area contributed by atoms with E-state index in [0.717, 1.165) is 0 Å². The summed E-state index contributed by atoms with van der Waals surface area (Å²) in [6, 6.07) is 35.1. The number of benzene rings is 4. The standard InChI is InChI=1S/C24H16BNS/c1-2-9-17(10-3-1)26-20-13-6-4-11-18(20)25-19-12-5-7-15-22(19)27-23-16-8-14-21(26)24(23)25/h1-16H. The Bertz CT molecular complexity index is 1170. The van der Waals surface area contributed by atoms with Crippen molar-refractivity contribution in [2.24, 2.45) is 0 Å². The molecule has 0 radical (unpaired) electrons. The van der Waals surface area contributed by atoms with Crippen molar-refractivity contribution in [3.8, 4) is 0 Å². The molecule has 4 aromatic rings. The van der Waals surface area contributed by atoms with Gasteiger partial charge in [0.05, 0.1) is 0 Å². The van der Waals surface area contributed by atoms with Crippen LogP contribution in [0.25, 0.3) is 0 Å². The Kier molecular flexibility index (Phi) is 3.26. The molecule has 0 N–H and O–H groups in total. The largest absolute Gasteiger partial charge is 0.311 e. The zero-order valence-electron chi connectivity index (χ0n) is 14.7. The lowest BCUT2D eigenvalue weighted by Crippen LogP contribution is -2.59. The van der Waals surface area contributed by atoms with Gasteiger partial charge >= 0.3 is 0 Å². The first-order chi connectivity index (χ1) is 13.4. The smallest absolute Gasteiger partial charge is 0.249 e. The van der Waals surface area contributed by atoms with E-state index in [0.29, 0.717) is 6.71 Å². The Morgan fingerprint density at radius 3 is 2.11 bits per heavy atom. The molecule has 2 aliphatic heterocycles. The lowest BCUT2D eigenvalue weighted by molar-refractivity contribution is 1.27. The van der Waals surface area contributed by atoms with Crippen LogP contribution in [-0.4, -0.2) is 6.71 Å². The van der Waals surface area contributed by atoms with Crippen LogP contribution in [0.1, 0.15) is 0 Å². The normalized spacial score (nSPS) is 13.6. The number of hydrogen-bond donors (Lipinski definition) is 0. The lowest BCUT2D eigenvalue weighted by Gasteiger charge is -2.40. The van der Waals surface area contributed by atoms with Crippen LogP contribution < -0.4 is 21.3 Å². The van der Waals surface area contributed by atoms with E-state index >= 15 is 0 Å². The minimum atomic E-state index is 0.296. The molecule has 0 saturated heterocycles. The van der Waals surface area contributed by atoms with Crippen molar-refractivity contribution >= 4 is 51.9 Å². The number of rotatable bonds is 1. The first-order valence-electron chi connectivity index (χ1n) is 9.25. The molecule has 126 valence electrons. The molecule has 0 atom stereocenters. The van der Waals surface area contributed by atoms with Gasteiger partial charge in [-0.2, -0.15) is 0 Å². The summed E-state index contributed by atoms with van der Waals surface area (Å²) in [4.78, 5) is 5.15. The van der Waals surface area contributed by atoms with Gasteiger partial charge in [0, 0.05) is 26.9 Å². The van der Waals surface area contributed by atoms with Crippen LogP contribution in [0.4, 0.5) is 17.1 Å². The van der Waals surface area contributed by atoms with Crippen LogP contribution >= 0.6 is 11.8 Å². The first-order valence-corrected chi connectivity index (χ1v) is 10.1. The predicted octanol–water partition coefficient (Wildman–Crippen LogP) is 4.45. The van der Waals surface area contributed by atoms with Crippen molar-refractivity contribution in [3.63, 3.8) is 0 Å². The topological polar surface area (TPSA) is 3.24 Å². The maximum atomic E-state index is 2.42. The highest BCUT2D eigenvalue weighted by atomic mass is 32.2. The van der Waals surface area contributed by atoms with Crippen LogP contribution in [0.3, 0.4) is 0 Å². The summed E-state index contributed by atoms with van der Waals surface area (Å²) < 4.78 is 0. The lowest BCUT2D eigenvalue weighted by atomic mass is 9.35. The van der Waals surface area contributed by atoms with Crippen LogP contribution in [0.5, 0.6) is 0 Å². The highest BCUT2D eigenvalue weighted by Crippen LogP contribution is 2.40. The molecule has 0 saturated carbocycles. The maximum absolute atomic E-state index is 2.42. The number of nitrogens with zero attached hydrogens (tertiary/aromatic N) is 1. The zero-order chi connectivity index (χ0) is 17.8. The van der Waals surface area contributed by atoms with Crippen LogP contribution in [0.15, 0.2) is 107 Å². The fraction of sp³-hybridized carbons (Fsp3) is 0. The van der Waals surface area contributed by atoms with Crippen molar-refractivity contribution in [1.82, 2.24) is 0 Å². The van der Waals surface area contributed by atoms with Gasteiger partial charge in [0.1, 0.15) is 0 Å². The molecule has 0 amide bonds. The van der Waals surface area contributed by atoms with Gasteiger partial charge in [-0.25, -0.2) is 0 Å². The third kappa shape index (κ3) is 2.15. The summed E-state index contributed by atoms with van der Waals surface area (Å²) in [5, 5.41) is 0. The second-order valence-corrected chi connectivity index (χ2v) is 8.08. The average molecular weight is 361 g/mol. The molecule has 3 heteroatoms. The Morgan fingerprint density at radius 2 is 1.22 bits per heavy atom. The predicted molar refractivity (Wildman–Crippen MR) is 116 cm³/mol. The summed E-state index contributed by atoms with van der Waals surface area (Å²) in [5.41, 5.74) is 8.02. The van der Waals surface area contributed by atoms with Crippen molar-refractivity contribution in [2.45, 2.75) is 9.79 Å². The van der Waals surface area contributed by atoms with Gasteiger partial charge in [-0.15, -0.1) is 0 Å². The van der Waals surface area contributed by atoms with Gasteiger partial charge in [-0.3, -0.25) is 0 Å². The van der Waals surface area contributed by atoms with Crippen molar-refractivity contribution in [3.05, 3.63) is 97.1 Å². The van der Waals surface area contributed by atoms with Crippen molar-refractivity contribution in [1.29, 1.82) is 0 Å². The molecule has 27 heavy (non-hydrogen) atoms. The van der Waals surface area contributed by atoms with Crippen molar-refractivity contribution < 1.29 is 0 Å². The average Bonchev–Trinajstić information content (AvgIpc) is 2.74. The van der Waals surface area contributed by atoms with E-state index in [1.165, 1.54) is 43.2 Å². The summed E-state index contributed by atoms with van der Waals surface area (Å²) in [6.07, 6.45) is 0. The molecule has 2 heterocycles. The third-order valence-electron chi connectivity index (χ3n) is 5.53. The molecule has 0 spiro atoms. The van der Waals surface area contributed by atoms with E-state index in [-0.39, 0.29) is 0 Å². The van der Waals surface area contributed by atoms with Crippen LogP contribution in [-0.2, 0) is 0 Å². The number of fused-ring (bicyclic) bond motifs is 4. The number of hydrogen-bond acceptors (Lipinski definition) is 2. The molecular formula is C24H16BNS. The Hall–Kier alpha value is -2.91. The highest BCUT2D eigenvalue weighted by molar-refractivity contribution is 8.00. The maximum Gasteiger partial charge on any atom is 0.249 e. The molecule has 1 nitrogen and oxygen atoms in total. The van der Waals surface area contributed by atoms with Gasteiger partial charge in [0.2, 0.25) is 6.71 Å². The Morgan fingerprint density at radius 1 is 0.556 bits per heavy atom. The Labute approximate surface area is 163 Å². The third-order valence-corrected chi connectivity index (χ3v) is 6.69. The molecule has 0 fully saturated rings. The van der Waals surface area contributed by atoms with Crippen molar-refractivity contribution in [2.75, 3.05) is 4.90 Å². The van der Waals surface area contributed by atoms with Gasteiger partial charge < -0.3 is 4.90 Å². The van der Waals surface area contributed by atoms with E-state index in [1.54, 1.807) is 0 Å². The molecule has 2 aliphatic rings. The molecule has 4 aromatic carbocycles. The molecule has 0 aromatic heterocycles. The fourth-order valence-electron chi connectivity index (χ4n) is 4.44. The van der Waals surface area contributed by atoms with Gasteiger partial charge in [-0.1, -0.05) is 77.9 Å². The minimum absolute atomic E-state index is 0.296. The van der Waals surface area contributed by atoms with E-state index in [4.69, 9.17) is 0 Å². The van der Waals surface area contributed by atoms with Gasteiger partial charge in [0.15, 0.2) is 0 Å². The highest BCUT2D eigenvalue weighted by Gasteiger charge is 2.40. The molecule has 0 bridgehead atoms. The summed E-state index contributed by atoms with van der Waals surface area (Å²) in [6.45, 7) is 0.296. The molecule has 6 rings (SSSR count). The first kappa shape index (κ1) is 15.2. The summed E-state index contributed by atoms with van der Waals surface area (Å²) in [5.74, 6) is 0. The van der Waals surface area contributed by atoms with Crippen LogP contribution in [0, 0.1) is 0 Å². The summed E-state index contributed by atoms with van der Waals surface area (Å²) >= 11 is 1.89. The van der Waals surface area contributed by atoms with Crippen LogP contribution in [0.2, 0.25) is 0 Å². The molecule has 0 unspecified atom stereocenters. The zero-order valence-corrected chi connectivity index (χ0v) is 15.5. The van der Waals surface area contributed by atoms with Gasteiger partial charge in [-0.05, 0) is 47.3 Å². The number of anilines is 3. The van der Waals surface area contributed by atoms with E-state index in [1.807, 2.05) is 11.8 Å². The second-order valence-electron chi connectivity index (χ2n) is 6.99. The fourth-order valence-corrected chi connectivity index (χ4v) is 5.60. The monoisotopic (exact) mass is 361 g/mol. The summed E-state index contributed by atoms with van der Waals surface area (Å²) in [7, 11) is 0. The number of para-hydroxylation sites is 2.